The molecule has 9 heteroatoms. The van der Waals surface area contributed by atoms with E-state index in [9.17, 15) is 13.2 Å². The third-order valence-corrected chi connectivity index (χ3v) is 2.50. The van der Waals surface area contributed by atoms with Crippen LogP contribution in [0.5, 0.6) is 0 Å². The highest BCUT2D eigenvalue weighted by Crippen LogP contribution is 2.29. The quantitative estimate of drug-likeness (QED) is 0.635. The molecule has 0 spiro atoms. The van der Waals surface area contributed by atoms with Crippen molar-refractivity contribution < 1.29 is 13.2 Å². The number of nitrogens with two attached hydrogens (primary N) is 1. The average Bonchev–Trinajstić information content (AvgIpc) is 2.37. The molecule has 0 bridgehead atoms. The zero-order valence-corrected chi connectivity index (χ0v) is 11.1. The molecule has 0 aliphatic carbocycles. The average molecular weight is 288 g/mol. The number of nitrogen functional groups attached to an aromatic ring is 1. The van der Waals surface area contributed by atoms with Gasteiger partial charge in [0.1, 0.15) is 11.6 Å². The van der Waals surface area contributed by atoms with E-state index in [1.165, 1.54) is 6.07 Å². The van der Waals surface area contributed by atoms with E-state index in [0.29, 0.717) is 0 Å². The molecule has 1 heterocycles. The largest absolute Gasteiger partial charge is 0.451 e. The number of halogens is 3. The van der Waals surface area contributed by atoms with Gasteiger partial charge in [-0.15, -0.1) is 0 Å². The molecule has 0 amide bonds. The molecule has 0 aromatic carbocycles. The molecular formula is C11H15F3N6. The molecule has 6 nitrogen and oxygen atoms in total. The summed E-state index contributed by atoms with van der Waals surface area (Å²) >= 11 is 0. The maximum Gasteiger partial charge on any atom is 0.451 e. The van der Waals surface area contributed by atoms with Gasteiger partial charge < -0.3 is 10.3 Å². The van der Waals surface area contributed by atoms with Crippen molar-refractivity contribution in [3.05, 3.63) is 11.9 Å². The lowest BCUT2D eigenvalue weighted by atomic mass is 10.3. The minimum absolute atomic E-state index is 0.0746. The topological polar surface area (TPSA) is 90.9 Å². The van der Waals surface area contributed by atoms with Crippen LogP contribution in [0.3, 0.4) is 0 Å². The minimum Gasteiger partial charge on any atom is -0.353 e. The van der Waals surface area contributed by atoms with E-state index < -0.39 is 12.0 Å². The van der Waals surface area contributed by atoms with Gasteiger partial charge in [-0.3, -0.25) is 0 Å². The Hall–Kier alpha value is -2.08. The fourth-order valence-corrected chi connectivity index (χ4v) is 1.59. The summed E-state index contributed by atoms with van der Waals surface area (Å²) in [5.74, 6) is 3.80. The fourth-order valence-electron chi connectivity index (χ4n) is 1.59. The van der Waals surface area contributed by atoms with Gasteiger partial charge in [-0.1, -0.05) is 0 Å². The van der Waals surface area contributed by atoms with Crippen molar-refractivity contribution in [1.82, 2.24) is 9.97 Å². The summed E-state index contributed by atoms with van der Waals surface area (Å²) < 4.78 is 38.2. The summed E-state index contributed by atoms with van der Waals surface area (Å²) in [6.07, 6.45) is -4.49. The van der Waals surface area contributed by atoms with Crippen LogP contribution in [0.15, 0.2) is 6.07 Å². The third kappa shape index (κ3) is 3.96. The van der Waals surface area contributed by atoms with E-state index >= 15 is 0 Å². The molecule has 0 radical (unpaired) electrons. The van der Waals surface area contributed by atoms with E-state index in [1.807, 2.05) is 6.07 Å². The lowest BCUT2D eigenvalue weighted by molar-refractivity contribution is -0.144. The molecule has 0 fully saturated rings. The highest BCUT2D eigenvalue weighted by molar-refractivity contribution is 5.49. The Morgan fingerprint density at radius 2 is 2.10 bits per heavy atom. The Morgan fingerprint density at radius 3 is 2.55 bits per heavy atom. The van der Waals surface area contributed by atoms with Gasteiger partial charge in [-0.05, 0) is 13.8 Å². The molecule has 3 N–H and O–H groups in total. The van der Waals surface area contributed by atoms with E-state index in [0.717, 1.165) is 0 Å². The van der Waals surface area contributed by atoms with Crippen molar-refractivity contribution >= 4 is 11.6 Å². The van der Waals surface area contributed by atoms with E-state index in [-0.39, 0.29) is 30.6 Å². The van der Waals surface area contributed by atoms with Gasteiger partial charge in [0.25, 0.3) is 0 Å². The lowest BCUT2D eigenvalue weighted by Gasteiger charge is -2.27. The lowest BCUT2D eigenvalue weighted by Crippen LogP contribution is -2.33. The monoisotopic (exact) mass is 288 g/mol. The molecule has 110 valence electrons. The van der Waals surface area contributed by atoms with Crippen molar-refractivity contribution in [2.45, 2.75) is 32.5 Å². The van der Waals surface area contributed by atoms with Crippen molar-refractivity contribution in [1.29, 1.82) is 5.26 Å². The predicted octanol–water partition coefficient (Wildman–Crippen LogP) is 1.91. The first-order chi connectivity index (χ1) is 9.29. The number of hydrogen-bond acceptors (Lipinski definition) is 6. The third-order valence-electron chi connectivity index (χ3n) is 2.50. The number of nitrogens with one attached hydrogen (secondary N) is 1. The normalized spacial score (nSPS) is 11.3. The van der Waals surface area contributed by atoms with Crippen LogP contribution in [-0.2, 0) is 6.18 Å². The van der Waals surface area contributed by atoms with Gasteiger partial charge in [0.15, 0.2) is 0 Å². The zero-order chi connectivity index (χ0) is 15.3. The number of rotatable bonds is 5. The van der Waals surface area contributed by atoms with Crippen LogP contribution in [0, 0.1) is 11.3 Å². The Labute approximate surface area is 114 Å². The summed E-state index contributed by atoms with van der Waals surface area (Å²) in [4.78, 5) is 8.38. The highest BCUT2D eigenvalue weighted by atomic mass is 19.4. The van der Waals surface area contributed by atoms with Crippen LogP contribution in [0.2, 0.25) is 0 Å². The number of nitriles is 1. The van der Waals surface area contributed by atoms with Crippen LogP contribution < -0.4 is 16.2 Å². The molecule has 0 atom stereocenters. The number of aromatic nitrogens is 2. The molecule has 0 saturated heterocycles. The first-order valence-corrected chi connectivity index (χ1v) is 5.86. The maximum absolute atomic E-state index is 12.7. The second kappa shape index (κ2) is 6.38. The smallest absolute Gasteiger partial charge is 0.353 e. The molecule has 0 aliphatic rings. The van der Waals surface area contributed by atoms with Gasteiger partial charge in [0.2, 0.25) is 5.82 Å². The van der Waals surface area contributed by atoms with Gasteiger partial charge in [0.05, 0.1) is 12.5 Å². The van der Waals surface area contributed by atoms with Crippen LogP contribution in [0.4, 0.5) is 24.8 Å². The van der Waals surface area contributed by atoms with E-state index in [1.54, 1.807) is 18.7 Å². The van der Waals surface area contributed by atoms with Gasteiger partial charge in [-0.2, -0.15) is 18.4 Å². The van der Waals surface area contributed by atoms with E-state index in [2.05, 4.69) is 15.4 Å². The second-order valence-electron chi connectivity index (χ2n) is 4.27. The van der Waals surface area contributed by atoms with Crippen LogP contribution >= 0.6 is 0 Å². The Balaban J connectivity index is 3.24. The number of nitrogens with zero attached hydrogens (tertiary/aromatic N) is 4. The summed E-state index contributed by atoms with van der Waals surface area (Å²) in [6.45, 7) is 3.86. The van der Waals surface area contributed by atoms with Crippen LogP contribution in [0.1, 0.15) is 26.1 Å². The molecule has 1 aromatic heterocycles. The Morgan fingerprint density at radius 1 is 1.45 bits per heavy atom. The Bertz CT molecular complexity index is 494. The highest BCUT2D eigenvalue weighted by Gasteiger charge is 2.36. The van der Waals surface area contributed by atoms with Crippen LogP contribution in [-0.4, -0.2) is 22.6 Å². The summed E-state index contributed by atoms with van der Waals surface area (Å²) in [5, 5.41) is 8.61. The zero-order valence-electron chi connectivity index (χ0n) is 11.1. The molecule has 1 rings (SSSR count). The van der Waals surface area contributed by atoms with Crippen molar-refractivity contribution in [3.63, 3.8) is 0 Å². The summed E-state index contributed by atoms with van der Waals surface area (Å²) in [6, 6.07) is 3.14. The number of hydrogen-bond donors (Lipinski definition) is 2. The molecule has 20 heavy (non-hydrogen) atoms. The minimum atomic E-state index is -4.67. The molecule has 0 aliphatic heterocycles. The van der Waals surface area contributed by atoms with Crippen molar-refractivity contribution in [3.8, 4) is 6.07 Å². The first-order valence-electron chi connectivity index (χ1n) is 5.86. The van der Waals surface area contributed by atoms with Gasteiger partial charge in [-0.25, -0.2) is 15.8 Å². The molecule has 1 aromatic rings. The summed E-state index contributed by atoms with van der Waals surface area (Å²) in [7, 11) is 0. The summed E-state index contributed by atoms with van der Waals surface area (Å²) in [5.41, 5.74) is 2.09. The predicted molar refractivity (Wildman–Crippen MR) is 67.6 cm³/mol. The Kier molecular flexibility index (Phi) is 5.10. The molecular weight excluding hydrogens is 273 g/mol. The maximum atomic E-state index is 12.7. The van der Waals surface area contributed by atoms with Gasteiger partial charge in [0, 0.05) is 18.7 Å². The molecule has 0 saturated carbocycles. The molecule has 0 unspecified atom stereocenters. The van der Waals surface area contributed by atoms with Crippen molar-refractivity contribution in [2.24, 2.45) is 5.84 Å². The number of anilines is 2. The SMILES string of the molecule is CC(C)N(CCC#N)c1cc(NN)nc(C(F)(F)F)n1. The standard InChI is InChI=1S/C11H15F3N6/c1-7(2)20(5-3-4-15)9-6-8(19-16)17-10(18-9)11(12,13)14/h6-7H,3,5,16H2,1-2H3,(H,17,18,19). The van der Waals surface area contributed by atoms with Crippen molar-refractivity contribution in [2.75, 3.05) is 16.9 Å². The van der Waals surface area contributed by atoms with Gasteiger partial charge >= 0.3 is 6.18 Å². The van der Waals surface area contributed by atoms with E-state index in [4.69, 9.17) is 11.1 Å². The second-order valence-corrected chi connectivity index (χ2v) is 4.27. The van der Waals surface area contributed by atoms with Crippen LogP contribution in [0.25, 0.3) is 0 Å². The number of alkyl halides is 3. The fraction of sp³-hybridized carbons (Fsp3) is 0.545. The first kappa shape index (κ1) is 16.0. The number of hydrazine groups is 1.